The van der Waals surface area contributed by atoms with Crippen LogP contribution in [0.3, 0.4) is 0 Å². The van der Waals surface area contributed by atoms with Crippen LogP contribution in [0.5, 0.6) is 5.75 Å². The van der Waals surface area contributed by atoms with E-state index in [1.807, 2.05) is 0 Å². The van der Waals surface area contributed by atoms with Crippen LogP contribution >= 0.6 is 12.2 Å². The van der Waals surface area contributed by atoms with Gasteiger partial charge in [-0.3, -0.25) is 20.2 Å². The third kappa shape index (κ3) is 4.99. The van der Waals surface area contributed by atoms with Gasteiger partial charge in [0.2, 0.25) is 5.89 Å². The molecular weight excluding hydrogens is 463 g/mol. The molecule has 4 aromatic rings. The Balaban J connectivity index is 1.47. The Kier molecular flexibility index (Phi) is 6.46. The fourth-order valence-electron chi connectivity index (χ4n) is 3.17. The number of nitrogens with one attached hydrogen (secondary N) is 2. The molecule has 0 fully saturated rings. The van der Waals surface area contributed by atoms with Crippen molar-refractivity contribution >= 4 is 45.7 Å². The Hall–Kier alpha value is -4.38. The minimum atomic E-state index is -0.625. The van der Waals surface area contributed by atoms with Crippen LogP contribution in [-0.2, 0) is 0 Å². The van der Waals surface area contributed by atoms with Crippen molar-refractivity contribution in [2.24, 2.45) is 0 Å². The van der Waals surface area contributed by atoms with Crippen LogP contribution in [0.15, 0.2) is 65.1 Å². The van der Waals surface area contributed by atoms with Crippen molar-refractivity contribution in [1.29, 1.82) is 0 Å². The third-order valence-electron chi connectivity index (χ3n) is 4.66. The number of oxazole rings is 1. The number of aromatic nitrogens is 1. The normalized spacial score (nSPS) is 10.6. The van der Waals surface area contributed by atoms with E-state index < -0.39 is 16.6 Å². The smallest absolute Gasteiger partial charge is 0.311 e. The van der Waals surface area contributed by atoms with Crippen molar-refractivity contribution in [1.82, 2.24) is 10.3 Å². The number of amides is 1. The van der Waals surface area contributed by atoms with Gasteiger partial charge in [-0.2, -0.15) is 0 Å². The molecule has 3 aromatic carbocycles. The first-order valence-electron chi connectivity index (χ1n) is 10.0. The Morgan fingerprint density at radius 1 is 1.21 bits per heavy atom. The number of thiocarbonyl (C=S) groups is 1. The number of fused-ring (bicyclic) bond motifs is 1. The van der Waals surface area contributed by atoms with Gasteiger partial charge in [0.15, 0.2) is 16.4 Å². The molecule has 0 aliphatic heterocycles. The minimum absolute atomic E-state index is 0.0188. The molecule has 0 saturated heterocycles. The summed E-state index contributed by atoms with van der Waals surface area (Å²) in [5.74, 6) is -0.691. The highest BCUT2D eigenvalue weighted by Gasteiger charge is 2.19. The first kappa shape index (κ1) is 22.8. The fraction of sp³-hybridized carbons (Fsp3) is 0.0870. The standard InChI is InChI=1S/C23H17FN4O5S/c1-2-32-20-8-6-13(11-18(20)28(30)31)21(29)27-23(34)25-16-7-9-19-17(12-16)26-22(33-19)14-4-3-5-15(24)10-14/h3-12H,2H2,1H3,(H2,25,27,29,34). The topological polar surface area (TPSA) is 120 Å². The van der Waals surface area contributed by atoms with Gasteiger partial charge in [-0.1, -0.05) is 6.07 Å². The van der Waals surface area contributed by atoms with Crippen LogP contribution in [0, 0.1) is 15.9 Å². The second kappa shape index (κ2) is 9.63. The molecule has 0 saturated carbocycles. The van der Waals surface area contributed by atoms with E-state index in [-0.39, 0.29) is 34.6 Å². The van der Waals surface area contributed by atoms with Crippen LogP contribution in [-0.4, -0.2) is 27.5 Å². The van der Waals surface area contributed by atoms with Gasteiger partial charge >= 0.3 is 5.69 Å². The Bertz CT molecular complexity index is 1420. The quantitative estimate of drug-likeness (QED) is 0.223. The molecule has 11 heteroatoms. The highest BCUT2D eigenvalue weighted by molar-refractivity contribution is 7.80. The van der Waals surface area contributed by atoms with Crippen molar-refractivity contribution < 1.29 is 23.3 Å². The van der Waals surface area contributed by atoms with E-state index in [2.05, 4.69) is 15.6 Å². The molecule has 0 atom stereocenters. The SMILES string of the molecule is CCOc1ccc(C(=O)NC(=S)Nc2ccc3oc(-c4cccc(F)c4)nc3c2)cc1[N+](=O)[O-]. The predicted octanol–water partition coefficient (Wildman–Crippen LogP) is 5.07. The van der Waals surface area contributed by atoms with Crippen LogP contribution in [0.2, 0.25) is 0 Å². The molecule has 34 heavy (non-hydrogen) atoms. The Morgan fingerprint density at radius 2 is 2.03 bits per heavy atom. The zero-order valence-electron chi connectivity index (χ0n) is 17.7. The highest BCUT2D eigenvalue weighted by Crippen LogP contribution is 2.28. The maximum absolute atomic E-state index is 13.5. The number of hydrogen-bond donors (Lipinski definition) is 2. The number of carbonyl (C=O) groups is 1. The monoisotopic (exact) mass is 480 g/mol. The molecule has 0 bridgehead atoms. The van der Waals surface area contributed by atoms with Crippen molar-refractivity contribution in [2.45, 2.75) is 6.92 Å². The van der Waals surface area contributed by atoms with Gasteiger partial charge in [0.25, 0.3) is 5.91 Å². The summed E-state index contributed by atoms with van der Waals surface area (Å²) in [6.07, 6.45) is 0. The second-order valence-electron chi connectivity index (χ2n) is 6.99. The van der Waals surface area contributed by atoms with Gasteiger partial charge in [-0.15, -0.1) is 0 Å². The molecule has 0 radical (unpaired) electrons. The van der Waals surface area contributed by atoms with Crippen LogP contribution in [0.25, 0.3) is 22.6 Å². The zero-order valence-corrected chi connectivity index (χ0v) is 18.5. The first-order chi connectivity index (χ1) is 16.3. The van der Waals surface area contributed by atoms with E-state index in [9.17, 15) is 19.3 Å². The maximum Gasteiger partial charge on any atom is 0.311 e. The number of ether oxygens (including phenoxy) is 1. The second-order valence-corrected chi connectivity index (χ2v) is 7.40. The molecule has 0 aliphatic rings. The summed E-state index contributed by atoms with van der Waals surface area (Å²) in [6, 6.07) is 14.8. The summed E-state index contributed by atoms with van der Waals surface area (Å²) < 4.78 is 24.4. The van der Waals surface area contributed by atoms with Crippen LogP contribution in [0.4, 0.5) is 15.8 Å². The van der Waals surface area contributed by atoms with Gasteiger partial charge in [-0.05, 0) is 67.7 Å². The van der Waals surface area contributed by atoms with Gasteiger partial charge in [0.1, 0.15) is 11.3 Å². The molecule has 172 valence electrons. The molecular formula is C23H17FN4O5S. The van der Waals surface area contributed by atoms with Gasteiger partial charge in [-0.25, -0.2) is 9.37 Å². The number of anilines is 1. The average molecular weight is 480 g/mol. The number of benzene rings is 3. The molecule has 0 unspecified atom stereocenters. The summed E-state index contributed by atoms with van der Waals surface area (Å²) in [6.45, 7) is 1.95. The van der Waals surface area contributed by atoms with Gasteiger partial charge < -0.3 is 14.5 Å². The summed E-state index contributed by atoms with van der Waals surface area (Å²) in [7, 11) is 0. The molecule has 2 N–H and O–H groups in total. The molecule has 9 nitrogen and oxygen atoms in total. The Morgan fingerprint density at radius 3 is 2.76 bits per heavy atom. The summed E-state index contributed by atoms with van der Waals surface area (Å²) in [5.41, 5.74) is 1.74. The lowest BCUT2D eigenvalue weighted by molar-refractivity contribution is -0.385. The third-order valence-corrected chi connectivity index (χ3v) is 4.87. The molecule has 1 aromatic heterocycles. The number of carbonyl (C=O) groups excluding carboxylic acids is 1. The molecule has 1 heterocycles. The fourth-order valence-corrected chi connectivity index (χ4v) is 3.38. The number of rotatable bonds is 6. The van der Waals surface area contributed by atoms with Gasteiger partial charge in [0, 0.05) is 22.9 Å². The van der Waals surface area contributed by atoms with Crippen molar-refractivity contribution in [3.05, 3.63) is 82.2 Å². The van der Waals surface area contributed by atoms with Crippen molar-refractivity contribution in [3.8, 4) is 17.2 Å². The van der Waals surface area contributed by atoms with Crippen molar-refractivity contribution in [2.75, 3.05) is 11.9 Å². The summed E-state index contributed by atoms with van der Waals surface area (Å²) >= 11 is 5.20. The van der Waals surface area contributed by atoms with Crippen molar-refractivity contribution in [3.63, 3.8) is 0 Å². The number of nitro benzene ring substituents is 1. The molecule has 1 amide bonds. The van der Waals surface area contributed by atoms with Crippen LogP contribution in [0.1, 0.15) is 17.3 Å². The van der Waals surface area contributed by atoms with E-state index in [0.29, 0.717) is 22.4 Å². The lowest BCUT2D eigenvalue weighted by Gasteiger charge is -2.10. The molecule has 4 rings (SSSR count). The van der Waals surface area contributed by atoms with E-state index in [1.165, 1.54) is 24.3 Å². The summed E-state index contributed by atoms with van der Waals surface area (Å²) in [4.78, 5) is 27.6. The van der Waals surface area contributed by atoms with Crippen LogP contribution < -0.4 is 15.4 Å². The number of halogens is 1. The Labute approximate surface area is 197 Å². The zero-order chi connectivity index (χ0) is 24.2. The maximum atomic E-state index is 13.5. The average Bonchev–Trinajstić information content (AvgIpc) is 3.23. The van der Waals surface area contributed by atoms with E-state index in [1.54, 1.807) is 37.3 Å². The van der Waals surface area contributed by atoms with Gasteiger partial charge in [0.05, 0.1) is 11.5 Å². The first-order valence-corrected chi connectivity index (χ1v) is 10.4. The number of nitro groups is 1. The lowest BCUT2D eigenvalue weighted by Crippen LogP contribution is -2.34. The van der Waals surface area contributed by atoms with E-state index in [0.717, 1.165) is 6.07 Å². The largest absolute Gasteiger partial charge is 0.487 e. The van der Waals surface area contributed by atoms with E-state index in [4.69, 9.17) is 21.4 Å². The lowest BCUT2D eigenvalue weighted by atomic mass is 10.1. The number of nitrogens with zero attached hydrogens (tertiary/aromatic N) is 2. The minimum Gasteiger partial charge on any atom is -0.487 e. The predicted molar refractivity (Wildman–Crippen MR) is 127 cm³/mol. The highest BCUT2D eigenvalue weighted by atomic mass is 32.1. The number of hydrogen-bond acceptors (Lipinski definition) is 7. The summed E-state index contributed by atoms with van der Waals surface area (Å²) in [5, 5.41) is 16.6. The molecule has 0 aliphatic carbocycles. The molecule has 0 spiro atoms. The van der Waals surface area contributed by atoms with E-state index >= 15 is 0 Å².